The molecule has 378 valence electrons. The van der Waals surface area contributed by atoms with Crippen molar-refractivity contribution in [1.29, 1.82) is 0 Å². The molecule has 79 heavy (non-hydrogen) atoms. The fourth-order valence-corrected chi connectivity index (χ4v) is 15.8. The summed E-state index contributed by atoms with van der Waals surface area (Å²) >= 11 is 0. The maximum Gasteiger partial charge on any atom is 0.0726 e. The second-order valence-electron chi connectivity index (χ2n) is 23.5. The molecular formula is C77H60N2. The summed E-state index contributed by atoms with van der Waals surface area (Å²) in [5.41, 5.74) is 28.2. The number of hydrogen-bond acceptors (Lipinski definition) is 2. The normalized spacial score (nSPS) is 19.1. The van der Waals surface area contributed by atoms with E-state index in [2.05, 4.69) is 285 Å². The lowest BCUT2D eigenvalue weighted by molar-refractivity contribution is 0.420. The fraction of sp³-hybridized carbons (Fsp3) is 0.143. The molecule has 0 amide bonds. The number of para-hydroxylation sites is 3. The minimum absolute atomic E-state index is 0.117. The first kappa shape index (κ1) is 46.1. The van der Waals surface area contributed by atoms with Crippen LogP contribution in [-0.2, 0) is 10.8 Å². The zero-order valence-electron chi connectivity index (χ0n) is 44.8. The van der Waals surface area contributed by atoms with Gasteiger partial charge in [0.2, 0.25) is 0 Å². The highest BCUT2D eigenvalue weighted by Crippen LogP contribution is 2.68. The van der Waals surface area contributed by atoms with Gasteiger partial charge in [0.25, 0.3) is 0 Å². The van der Waals surface area contributed by atoms with E-state index in [9.17, 15) is 0 Å². The van der Waals surface area contributed by atoms with E-state index < -0.39 is 5.41 Å². The molecule has 4 unspecified atom stereocenters. The van der Waals surface area contributed by atoms with Crippen LogP contribution < -0.4 is 9.80 Å². The number of anilines is 6. The van der Waals surface area contributed by atoms with Gasteiger partial charge in [0.1, 0.15) is 0 Å². The van der Waals surface area contributed by atoms with Crippen LogP contribution in [0.4, 0.5) is 34.1 Å². The number of rotatable bonds is 9. The van der Waals surface area contributed by atoms with Crippen molar-refractivity contribution in [2.24, 2.45) is 11.8 Å². The Morgan fingerprint density at radius 2 is 0.861 bits per heavy atom. The number of nitrogens with zero attached hydrogens (tertiary/aromatic N) is 2. The summed E-state index contributed by atoms with van der Waals surface area (Å²) in [5.74, 6) is 2.37. The number of hydrogen-bond donors (Lipinski definition) is 0. The molecule has 0 saturated heterocycles. The quantitative estimate of drug-likeness (QED) is 0.142. The van der Waals surface area contributed by atoms with Crippen LogP contribution in [0.1, 0.15) is 84.4 Å². The van der Waals surface area contributed by atoms with Crippen molar-refractivity contribution >= 4 is 34.1 Å². The van der Waals surface area contributed by atoms with Crippen molar-refractivity contribution in [3.05, 3.63) is 300 Å². The molecule has 0 heterocycles. The van der Waals surface area contributed by atoms with Crippen molar-refractivity contribution in [2.75, 3.05) is 9.80 Å². The summed E-state index contributed by atoms with van der Waals surface area (Å²) in [6.45, 7) is 4.77. The Kier molecular flexibility index (Phi) is 10.4. The van der Waals surface area contributed by atoms with Crippen LogP contribution in [0.5, 0.6) is 0 Å². The first-order valence-corrected chi connectivity index (χ1v) is 28.7. The van der Waals surface area contributed by atoms with Gasteiger partial charge in [0.15, 0.2) is 0 Å². The zero-order valence-corrected chi connectivity index (χ0v) is 44.8. The average Bonchev–Trinajstić information content (AvgIpc) is 3.77. The summed E-state index contributed by atoms with van der Waals surface area (Å²) in [5, 5.41) is 0. The van der Waals surface area contributed by atoms with E-state index in [1.807, 2.05) is 0 Å². The molecular weight excluding hydrogens is 953 g/mol. The van der Waals surface area contributed by atoms with Gasteiger partial charge in [-0.3, -0.25) is 0 Å². The van der Waals surface area contributed by atoms with E-state index in [1.165, 1.54) is 126 Å². The number of benzene rings is 11. The molecule has 0 aromatic heterocycles. The second kappa shape index (κ2) is 17.8. The van der Waals surface area contributed by atoms with Gasteiger partial charge in [-0.2, -0.15) is 0 Å². The molecule has 0 aliphatic heterocycles. The Hall–Kier alpha value is -8.98. The Morgan fingerprint density at radius 3 is 1.48 bits per heavy atom. The summed E-state index contributed by atoms with van der Waals surface area (Å²) in [6, 6.07) is 98.9. The maximum absolute atomic E-state index is 2.61. The molecule has 0 radical (unpaired) electrons. The lowest BCUT2D eigenvalue weighted by atomic mass is 9.70. The van der Waals surface area contributed by atoms with Crippen LogP contribution in [0.25, 0.3) is 55.6 Å². The number of fused-ring (bicyclic) bond motifs is 15. The molecule has 2 saturated carbocycles. The summed E-state index contributed by atoms with van der Waals surface area (Å²) in [7, 11) is 0. The van der Waals surface area contributed by atoms with Gasteiger partial charge in [-0.15, -0.1) is 0 Å². The smallest absolute Gasteiger partial charge is 0.0726 e. The topological polar surface area (TPSA) is 6.48 Å². The van der Waals surface area contributed by atoms with Crippen LogP contribution in [0.3, 0.4) is 0 Å². The molecule has 11 aromatic rings. The van der Waals surface area contributed by atoms with E-state index in [0.29, 0.717) is 5.92 Å². The maximum atomic E-state index is 2.61. The molecule has 2 fully saturated rings. The lowest BCUT2D eigenvalue weighted by Gasteiger charge is -2.34. The predicted molar refractivity (Wildman–Crippen MR) is 329 cm³/mol. The van der Waals surface area contributed by atoms with Gasteiger partial charge in [-0.25, -0.2) is 0 Å². The predicted octanol–water partition coefficient (Wildman–Crippen LogP) is 20.5. The highest BCUT2D eigenvalue weighted by Gasteiger charge is 2.54. The third-order valence-electron chi connectivity index (χ3n) is 19.2. The average molecular weight is 1010 g/mol. The van der Waals surface area contributed by atoms with E-state index in [0.717, 1.165) is 40.3 Å². The van der Waals surface area contributed by atoms with Gasteiger partial charge in [0.05, 0.1) is 16.8 Å². The highest BCUT2D eigenvalue weighted by molar-refractivity contribution is 6.09. The molecule has 2 bridgehead atoms. The first-order chi connectivity index (χ1) is 39.0. The molecule has 2 nitrogen and oxygen atoms in total. The third kappa shape index (κ3) is 6.77. The van der Waals surface area contributed by atoms with Gasteiger partial charge in [-0.1, -0.05) is 227 Å². The third-order valence-corrected chi connectivity index (χ3v) is 19.2. The SMILES string of the molecule is CC1(C)c2ccccc2-c2cc(N(c3ccccc3)c3c(-c4ccc(C5CC6CCC5C6)cc4)ccc4c3-c3ccccc3C43c4ccccc4-c4c3ccc(N(c3ccccc3)c3ccccc3)c4-c3ccccc3)ccc21. The highest BCUT2D eigenvalue weighted by atomic mass is 15.2. The summed E-state index contributed by atoms with van der Waals surface area (Å²) < 4.78 is 0. The van der Waals surface area contributed by atoms with Crippen LogP contribution in [-0.4, -0.2) is 0 Å². The summed E-state index contributed by atoms with van der Waals surface area (Å²) in [6.07, 6.45) is 5.52. The van der Waals surface area contributed by atoms with Crippen molar-refractivity contribution in [1.82, 2.24) is 0 Å². The Labute approximate surface area is 465 Å². The van der Waals surface area contributed by atoms with Crippen LogP contribution in [0, 0.1) is 11.8 Å². The van der Waals surface area contributed by atoms with E-state index in [1.54, 1.807) is 0 Å². The van der Waals surface area contributed by atoms with Gasteiger partial charge in [0, 0.05) is 44.9 Å². The monoisotopic (exact) mass is 1010 g/mol. The minimum Gasteiger partial charge on any atom is -0.310 e. The minimum atomic E-state index is -0.646. The van der Waals surface area contributed by atoms with E-state index >= 15 is 0 Å². The summed E-state index contributed by atoms with van der Waals surface area (Å²) in [4.78, 5) is 5.06. The van der Waals surface area contributed by atoms with Crippen molar-refractivity contribution in [2.45, 2.75) is 56.3 Å². The molecule has 16 rings (SSSR count). The van der Waals surface area contributed by atoms with Crippen molar-refractivity contribution in [3.8, 4) is 55.6 Å². The standard InChI is InChI=1S/C77H60N2/c1-76(2)65-32-18-15-29-60(65)64-49-58(41-43-66(64)76)79(57-27-13-6-14-28-57)75-59(51-37-39-52(40-38-51)63-48-50-35-36-54(63)47-50)42-44-70-74(75)62-31-17-20-34-68(62)77(70)67-33-19-16-30-61(67)73-69(77)45-46-71(72(73)53-21-7-3-8-22-53)78(55-23-9-4-10-24-55)56-25-11-5-12-26-56/h3-34,37-46,49-50,54,63H,35-36,47-48H2,1-2H3. The van der Waals surface area contributed by atoms with Gasteiger partial charge < -0.3 is 9.80 Å². The van der Waals surface area contributed by atoms with E-state index in [4.69, 9.17) is 0 Å². The Bertz CT molecular complexity index is 4140. The Balaban J connectivity index is 0.998. The van der Waals surface area contributed by atoms with Crippen LogP contribution in [0.2, 0.25) is 0 Å². The van der Waals surface area contributed by atoms with Crippen molar-refractivity contribution in [3.63, 3.8) is 0 Å². The molecule has 5 aliphatic carbocycles. The van der Waals surface area contributed by atoms with Crippen molar-refractivity contribution < 1.29 is 0 Å². The molecule has 2 heteroatoms. The van der Waals surface area contributed by atoms with Crippen LogP contribution in [0.15, 0.2) is 261 Å². The molecule has 4 atom stereocenters. The first-order valence-electron chi connectivity index (χ1n) is 28.7. The zero-order chi connectivity index (χ0) is 52.4. The Morgan fingerprint density at radius 1 is 0.342 bits per heavy atom. The molecule has 0 N–H and O–H groups in total. The van der Waals surface area contributed by atoms with E-state index in [-0.39, 0.29) is 5.41 Å². The molecule has 5 aliphatic rings. The lowest BCUT2D eigenvalue weighted by Crippen LogP contribution is -2.26. The fourth-order valence-electron chi connectivity index (χ4n) is 15.8. The van der Waals surface area contributed by atoms with Gasteiger partial charge in [-0.05, 0) is 170 Å². The van der Waals surface area contributed by atoms with Crippen LogP contribution >= 0.6 is 0 Å². The molecule has 1 spiro atoms. The second-order valence-corrected chi connectivity index (χ2v) is 23.5. The molecule has 11 aromatic carbocycles. The largest absolute Gasteiger partial charge is 0.310 e. The van der Waals surface area contributed by atoms with Gasteiger partial charge >= 0.3 is 0 Å².